The van der Waals surface area contributed by atoms with E-state index in [1.807, 2.05) is 54.6 Å². The van der Waals surface area contributed by atoms with Gasteiger partial charge >= 0.3 is 0 Å². The van der Waals surface area contributed by atoms with Gasteiger partial charge in [0, 0.05) is 25.9 Å². The minimum absolute atomic E-state index is 0.0377. The lowest BCUT2D eigenvalue weighted by molar-refractivity contribution is -0.141. The Morgan fingerprint density at radius 3 is 2.23 bits per heavy atom. The summed E-state index contributed by atoms with van der Waals surface area (Å²) in [6.45, 7) is 9.61. The van der Waals surface area contributed by atoms with Gasteiger partial charge in [0.15, 0.2) is 0 Å². The van der Waals surface area contributed by atoms with E-state index in [0.717, 1.165) is 35.3 Å². The first-order valence-electron chi connectivity index (χ1n) is 14.0. The van der Waals surface area contributed by atoms with Crippen LogP contribution in [0.15, 0.2) is 78.9 Å². The molecular formula is C34H44N2O3. The van der Waals surface area contributed by atoms with Crippen molar-refractivity contribution >= 4 is 11.8 Å². The van der Waals surface area contributed by atoms with Crippen molar-refractivity contribution in [3.05, 3.63) is 101 Å². The highest BCUT2D eigenvalue weighted by molar-refractivity contribution is 5.88. The average Bonchev–Trinajstić information content (AvgIpc) is 2.94. The van der Waals surface area contributed by atoms with Gasteiger partial charge in [-0.3, -0.25) is 9.59 Å². The average molecular weight is 529 g/mol. The van der Waals surface area contributed by atoms with Crippen molar-refractivity contribution in [2.75, 3.05) is 13.7 Å². The minimum atomic E-state index is -0.619. The van der Waals surface area contributed by atoms with Gasteiger partial charge in [-0.25, -0.2) is 0 Å². The standard InChI is InChI=1S/C34H44N2O3/c1-6-7-22-35-33(38)31(24-27-12-9-8-10-13-27)36(25-28-14-11-15-30(23-28)39-5)32(37)21-18-26-16-19-29(20-17-26)34(2,3)4/h8-17,19-20,23,31H,6-7,18,21-22,24-25H2,1-5H3,(H,35,38). The molecule has 0 radical (unpaired) electrons. The zero-order valence-electron chi connectivity index (χ0n) is 24.2. The molecule has 0 fully saturated rings. The third-order valence-corrected chi connectivity index (χ3v) is 7.04. The summed E-state index contributed by atoms with van der Waals surface area (Å²) in [5.74, 6) is 0.577. The number of nitrogens with one attached hydrogen (secondary N) is 1. The molecule has 0 aromatic heterocycles. The summed E-state index contributed by atoms with van der Waals surface area (Å²) in [6, 6.07) is 25.5. The Kier molecular flexibility index (Phi) is 11.2. The molecule has 0 aliphatic carbocycles. The SMILES string of the molecule is CCCCNC(=O)C(Cc1ccccc1)N(Cc1cccc(OC)c1)C(=O)CCc1ccc(C(C)(C)C)cc1. The first-order chi connectivity index (χ1) is 18.7. The van der Waals surface area contributed by atoms with Crippen LogP contribution in [0.2, 0.25) is 0 Å². The maximum absolute atomic E-state index is 13.9. The molecule has 1 unspecified atom stereocenters. The van der Waals surface area contributed by atoms with E-state index in [4.69, 9.17) is 4.74 Å². The molecule has 2 amide bonds. The van der Waals surface area contributed by atoms with E-state index in [2.05, 4.69) is 57.3 Å². The summed E-state index contributed by atoms with van der Waals surface area (Å²) in [5.41, 5.74) is 4.41. The molecule has 3 rings (SSSR count). The quantitative estimate of drug-likeness (QED) is 0.258. The lowest BCUT2D eigenvalue weighted by Crippen LogP contribution is -2.50. The Morgan fingerprint density at radius 1 is 0.897 bits per heavy atom. The zero-order valence-corrected chi connectivity index (χ0v) is 24.2. The summed E-state index contributed by atoms with van der Waals surface area (Å²) >= 11 is 0. The van der Waals surface area contributed by atoms with E-state index in [1.54, 1.807) is 12.0 Å². The van der Waals surface area contributed by atoms with E-state index >= 15 is 0 Å². The number of hydrogen-bond acceptors (Lipinski definition) is 3. The molecule has 1 N–H and O–H groups in total. The second-order valence-electron chi connectivity index (χ2n) is 11.2. The normalized spacial score (nSPS) is 12.0. The first-order valence-corrected chi connectivity index (χ1v) is 14.0. The number of rotatable bonds is 13. The maximum Gasteiger partial charge on any atom is 0.243 e. The smallest absolute Gasteiger partial charge is 0.243 e. The Bertz CT molecular complexity index is 1180. The van der Waals surface area contributed by atoms with E-state index in [0.29, 0.717) is 32.4 Å². The van der Waals surface area contributed by atoms with Crippen molar-refractivity contribution in [3.8, 4) is 5.75 Å². The second-order valence-corrected chi connectivity index (χ2v) is 11.2. The van der Waals surface area contributed by atoms with Crippen LogP contribution >= 0.6 is 0 Å². The number of unbranched alkanes of at least 4 members (excludes halogenated alkanes) is 1. The predicted molar refractivity (Wildman–Crippen MR) is 159 cm³/mol. The van der Waals surface area contributed by atoms with E-state index < -0.39 is 6.04 Å². The van der Waals surface area contributed by atoms with Crippen LogP contribution in [0.3, 0.4) is 0 Å². The van der Waals surface area contributed by atoms with Gasteiger partial charge in [-0.05, 0) is 52.6 Å². The highest BCUT2D eigenvalue weighted by Gasteiger charge is 2.30. The summed E-state index contributed by atoms with van der Waals surface area (Å²) in [6.07, 6.45) is 3.29. The van der Waals surface area contributed by atoms with Gasteiger partial charge < -0.3 is 15.0 Å². The molecule has 3 aromatic rings. The lowest BCUT2D eigenvalue weighted by Gasteiger charge is -2.32. The number of methoxy groups -OCH3 is 1. The topological polar surface area (TPSA) is 58.6 Å². The van der Waals surface area contributed by atoms with Crippen LogP contribution in [-0.2, 0) is 34.4 Å². The molecule has 0 heterocycles. The van der Waals surface area contributed by atoms with E-state index in [9.17, 15) is 9.59 Å². The third-order valence-electron chi connectivity index (χ3n) is 7.04. The number of carbonyl (C=O) groups excluding carboxylic acids is 2. The van der Waals surface area contributed by atoms with Crippen LogP contribution in [0.1, 0.15) is 69.2 Å². The van der Waals surface area contributed by atoms with Crippen LogP contribution in [0, 0.1) is 0 Å². The number of aryl methyl sites for hydroxylation is 1. The fraction of sp³-hybridized carbons (Fsp3) is 0.412. The highest BCUT2D eigenvalue weighted by Crippen LogP contribution is 2.23. The number of ether oxygens (including phenoxy) is 1. The molecule has 0 saturated heterocycles. The van der Waals surface area contributed by atoms with Gasteiger partial charge in [0.05, 0.1) is 7.11 Å². The Hall–Kier alpha value is -3.60. The summed E-state index contributed by atoms with van der Waals surface area (Å²) in [7, 11) is 1.63. The Labute approximate surface area is 234 Å². The summed E-state index contributed by atoms with van der Waals surface area (Å²) < 4.78 is 5.42. The van der Waals surface area contributed by atoms with Gasteiger partial charge in [-0.2, -0.15) is 0 Å². The van der Waals surface area contributed by atoms with Gasteiger partial charge in [0.25, 0.3) is 0 Å². The van der Waals surface area contributed by atoms with Crippen molar-refractivity contribution < 1.29 is 14.3 Å². The lowest BCUT2D eigenvalue weighted by atomic mass is 9.86. The Morgan fingerprint density at radius 2 is 1.59 bits per heavy atom. The molecule has 0 aliphatic rings. The minimum Gasteiger partial charge on any atom is -0.497 e. The van der Waals surface area contributed by atoms with Gasteiger partial charge in [0.2, 0.25) is 11.8 Å². The van der Waals surface area contributed by atoms with Gasteiger partial charge in [0.1, 0.15) is 11.8 Å². The van der Waals surface area contributed by atoms with E-state index in [1.165, 1.54) is 5.56 Å². The predicted octanol–water partition coefficient (Wildman–Crippen LogP) is 6.48. The fourth-order valence-corrected chi connectivity index (χ4v) is 4.59. The van der Waals surface area contributed by atoms with Crippen LogP contribution < -0.4 is 10.1 Å². The van der Waals surface area contributed by atoms with Crippen molar-refractivity contribution in [2.45, 2.75) is 77.8 Å². The molecule has 5 heteroatoms. The Balaban J connectivity index is 1.88. The monoisotopic (exact) mass is 528 g/mol. The van der Waals surface area contributed by atoms with Gasteiger partial charge in [-0.15, -0.1) is 0 Å². The van der Waals surface area contributed by atoms with Crippen molar-refractivity contribution in [3.63, 3.8) is 0 Å². The van der Waals surface area contributed by atoms with E-state index in [-0.39, 0.29) is 17.2 Å². The molecule has 5 nitrogen and oxygen atoms in total. The number of benzene rings is 3. The molecule has 3 aromatic carbocycles. The molecule has 1 atom stereocenters. The van der Waals surface area contributed by atoms with Crippen molar-refractivity contribution in [1.82, 2.24) is 10.2 Å². The van der Waals surface area contributed by atoms with Crippen LogP contribution in [-0.4, -0.2) is 36.4 Å². The number of nitrogens with zero attached hydrogens (tertiary/aromatic N) is 1. The largest absolute Gasteiger partial charge is 0.497 e. The van der Waals surface area contributed by atoms with Crippen LogP contribution in [0.5, 0.6) is 5.75 Å². The molecule has 0 saturated carbocycles. The number of carbonyl (C=O) groups is 2. The van der Waals surface area contributed by atoms with Crippen LogP contribution in [0.4, 0.5) is 0 Å². The van der Waals surface area contributed by atoms with Crippen molar-refractivity contribution in [1.29, 1.82) is 0 Å². The number of amides is 2. The van der Waals surface area contributed by atoms with Crippen LogP contribution in [0.25, 0.3) is 0 Å². The molecule has 0 spiro atoms. The fourth-order valence-electron chi connectivity index (χ4n) is 4.59. The summed E-state index contributed by atoms with van der Waals surface area (Å²) in [4.78, 5) is 29.2. The zero-order chi connectivity index (χ0) is 28.3. The summed E-state index contributed by atoms with van der Waals surface area (Å²) in [5, 5.41) is 3.08. The highest BCUT2D eigenvalue weighted by atomic mass is 16.5. The molecule has 39 heavy (non-hydrogen) atoms. The number of hydrogen-bond donors (Lipinski definition) is 1. The first kappa shape index (κ1) is 29.9. The molecule has 0 bridgehead atoms. The van der Waals surface area contributed by atoms with Crippen molar-refractivity contribution in [2.24, 2.45) is 0 Å². The van der Waals surface area contributed by atoms with Gasteiger partial charge in [-0.1, -0.05) is 101 Å². The third kappa shape index (κ3) is 9.27. The molecule has 208 valence electrons. The molecule has 0 aliphatic heterocycles. The second kappa shape index (κ2) is 14.5. The maximum atomic E-state index is 13.9. The molecular weight excluding hydrogens is 484 g/mol.